The summed E-state index contributed by atoms with van der Waals surface area (Å²) in [5, 5.41) is 12.6. The van der Waals surface area contributed by atoms with E-state index in [1.54, 1.807) is 54.4 Å². The molecular weight excluding hydrogens is 568 g/mol. The third-order valence-electron chi connectivity index (χ3n) is 8.56. The molecule has 7 nitrogen and oxygen atoms in total. The maximum atomic E-state index is 15.9. The molecule has 2 fully saturated rings. The number of fused-ring (bicyclic) bond motifs is 2. The number of nitrogens with zero attached hydrogens (tertiary/aromatic N) is 2. The average molecular weight is 596 g/mol. The largest absolute Gasteiger partial charge is 0.478 e. The van der Waals surface area contributed by atoms with Crippen LogP contribution in [-0.4, -0.2) is 52.8 Å². The summed E-state index contributed by atoms with van der Waals surface area (Å²) in [6, 6.07) is 16.2. The van der Waals surface area contributed by atoms with Gasteiger partial charge in [-0.2, -0.15) is 0 Å². The Balaban J connectivity index is 1.45. The quantitative estimate of drug-likeness (QED) is 0.362. The first-order chi connectivity index (χ1) is 19.6. The lowest BCUT2D eigenvalue weighted by atomic mass is 9.71. The first-order valence-corrected chi connectivity index (χ1v) is 14.2. The lowest BCUT2D eigenvalue weighted by Gasteiger charge is -2.38. The first kappa shape index (κ1) is 27.7. The molecule has 2 amide bonds. The Morgan fingerprint density at radius 3 is 2.54 bits per heavy atom. The monoisotopic (exact) mass is 595 g/mol. The Morgan fingerprint density at radius 1 is 1.12 bits per heavy atom. The molecule has 1 saturated heterocycles. The number of anilines is 1. The van der Waals surface area contributed by atoms with Crippen molar-refractivity contribution in [1.29, 1.82) is 0 Å². The number of hydrogen-bond donors (Lipinski definition) is 2. The molecule has 10 heteroatoms. The number of amides is 2. The fourth-order valence-electron chi connectivity index (χ4n) is 6.53. The van der Waals surface area contributed by atoms with E-state index in [-0.39, 0.29) is 41.1 Å². The molecule has 1 spiro atoms. The molecule has 0 aromatic heterocycles. The molecule has 1 unspecified atom stereocenters. The fraction of sp³-hybridized carbons (Fsp3) is 0.323. The summed E-state index contributed by atoms with van der Waals surface area (Å²) in [7, 11) is 1.66. The van der Waals surface area contributed by atoms with E-state index < -0.39 is 29.2 Å². The van der Waals surface area contributed by atoms with Gasteiger partial charge in [0.05, 0.1) is 16.5 Å². The molecule has 6 rings (SSSR count). The van der Waals surface area contributed by atoms with Crippen LogP contribution in [0.5, 0.6) is 0 Å². The Morgan fingerprint density at radius 2 is 1.85 bits per heavy atom. The third-order valence-corrected chi connectivity index (χ3v) is 9.09. The molecule has 41 heavy (non-hydrogen) atoms. The van der Waals surface area contributed by atoms with Crippen LogP contribution in [0.4, 0.5) is 10.1 Å². The minimum atomic E-state index is -1.33. The third kappa shape index (κ3) is 4.68. The fourth-order valence-corrected chi connectivity index (χ4v) is 6.88. The van der Waals surface area contributed by atoms with E-state index in [1.807, 2.05) is 0 Å². The Hall–Kier alpha value is -3.46. The predicted octanol–water partition coefficient (Wildman–Crippen LogP) is 5.76. The highest BCUT2D eigenvalue weighted by Crippen LogP contribution is 2.59. The SMILES string of the molecule is CN(Cc1ccc(C(=O)O)cc1)C(=O)C1CN(CC2CC2)[C@@]2(C(=O)Nc3cc(Cl)ccc32)[C@H]1c1cccc(Cl)c1F. The zero-order chi connectivity index (χ0) is 29.1. The number of likely N-dealkylation sites (tertiary alicyclic amines) is 1. The Labute approximate surface area is 246 Å². The highest BCUT2D eigenvalue weighted by molar-refractivity contribution is 6.31. The topological polar surface area (TPSA) is 90.0 Å². The molecule has 212 valence electrons. The average Bonchev–Trinajstić information content (AvgIpc) is 3.63. The zero-order valence-electron chi connectivity index (χ0n) is 22.2. The molecule has 2 aliphatic heterocycles. The number of benzene rings is 3. The van der Waals surface area contributed by atoms with Gasteiger partial charge in [-0.15, -0.1) is 0 Å². The van der Waals surface area contributed by atoms with E-state index in [2.05, 4.69) is 10.2 Å². The second-order valence-corrected chi connectivity index (χ2v) is 12.0. The molecule has 2 heterocycles. The van der Waals surface area contributed by atoms with Crippen LogP contribution in [0, 0.1) is 17.7 Å². The van der Waals surface area contributed by atoms with Crippen molar-refractivity contribution in [3.63, 3.8) is 0 Å². The smallest absolute Gasteiger partial charge is 0.335 e. The number of nitrogens with one attached hydrogen (secondary N) is 1. The van der Waals surface area contributed by atoms with Gasteiger partial charge in [0.2, 0.25) is 11.8 Å². The molecular formula is C31H28Cl2FN3O4. The summed E-state index contributed by atoms with van der Waals surface area (Å²) in [4.78, 5) is 43.3. The van der Waals surface area contributed by atoms with Crippen LogP contribution in [0.1, 0.15) is 45.8 Å². The second kappa shape index (κ2) is 10.4. The molecule has 3 atom stereocenters. The van der Waals surface area contributed by atoms with Gasteiger partial charge in [-0.25, -0.2) is 9.18 Å². The number of carbonyl (C=O) groups is 3. The maximum absolute atomic E-state index is 15.9. The van der Waals surface area contributed by atoms with E-state index in [4.69, 9.17) is 23.2 Å². The van der Waals surface area contributed by atoms with Crippen LogP contribution >= 0.6 is 23.2 Å². The van der Waals surface area contributed by atoms with Crippen molar-refractivity contribution in [1.82, 2.24) is 9.80 Å². The van der Waals surface area contributed by atoms with Crippen LogP contribution < -0.4 is 5.32 Å². The standard InChI is InChI=1S/C31H28Cl2FN3O4/c1-36(14-17-7-9-19(10-8-17)29(39)40)28(38)22-16-37(15-18-5-6-18)31(26(22)21-3-2-4-24(33)27(21)34)23-12-11-20(32)13-25(23)35-30(31)41/h2-4,7-13,18,22,26H,5-6,14-16H2,1H3,(H,35,41)(H,39,40)/t22?,26-,31+/m0/s1. The van der Waals surface area contributed by atoms with Gasteiger partial charge < -0.3 is 15.3 Å². The second-order valence-electron chi connectivity index (χ2n) is 11.2. The van der Waals surface area contributed by atoms with Gasteiger partial charge in [0.1, 0.15) is 11.4 Å². The molecule has 3 aliphatic rings. The summed E-state index contributed by atoms with van der Waals surface area (Å²) in [6.45, 7) is 1.07. The van der Waals surface area contributed by atoms with Gasteiger partial charge >= 0.3 is 5.97 Å². The van der Waals surface area contributed by atoms with Gasteiger partial charge in [0.15, 0.2) is 0 Å². The number of carboxylic acids is 1. The minimum absolute atomic E-state index is 0.0777. The van der Waals surface area contributed by atoms with Crippen LogP contribution in [0.3, 0.4) is 0 Å². The van der Waals surface area contributed by atoms with E-state index in [9.17, 15) is 19.5 Å². The normalized spacial score (nSPS) is 23.5. The summed E-state index contributed by atoms with van der Waals surface area (Å²) in [5.74, 6) is -3.49. The summed E-state index contributed by atoms with van der Waals surface area (Å²) in [5.41, 5.74) is 0.996. The molecule has 0 radical (unpaired) electrons. The first-order valence-electron chi connectivity index (χ1n) is 13.5. The van der Waals surface area contributed by atoms with Crippen molar-refractivity contribution < 1.29 is 23.9 Å². The number of aromatic carboxylic acids is 1. The lowest BCUT2D eigenvalue weighted by molar-refractivity contribution is -0.135. The van der Waals surface area contributed by atoms with Crippen LogP contribution in [-0.2, 0) is 21.7 Å². The lowest BCUT2D eigenvalue weighted by Crippen LogP contribution is -2.51. The van der Waals surface area contributed by atoms with E-state index in [1.165, 1.54) is 18.2 Å². The van der Waals surface area contributed by atoms with Crippen molar-refractivity contribution in [3.05, 3.63) is 98.8 Å². The molecule has 1 saturated carbocycles. The predicted molar refractivity (Wildman–Crippen MR) is 154 cm³/mol. The number of hydrogen-bond acceptors (Lipinski definition) is 4. The van der Waals surface area contributed by atoms with Crippen molar-refractivity contribution in [2.75, 3.05) is 25.5 Å². The van der Waals surface area contributed by atoms with Crippen LogP contribution in [0.2, 0.25) is 10.0 Å². The zero-order valence-corrected chi connectivity index (χ0v) is 23.8. The van der Waals surface area contributed by atoms with Crippen molar-refractivity contribution in [2.45, 2.75) is 30.8 Å². The van der Waals surface area contributed by atoms with Gasteiger partial charge in [-0.3, -0.25) is 14.5 Å². The van der Waals surface area contributed by atoms with Crippen molar-refractivity contribution in [3.8, 4) is 0 Å². The highest BCUT2D eigenvalue weighted by atomic mass is 35.5. The molecule has 0 bridgehead atoms. The van der Waals surface area contributed by atoms with Gasteiger partial charge in [-0.05, 0) is 60.2 Å². The van der Waals surface area contributed by atoms with E-state index in [0.717, 1.165) is 18.4 Å². The maximum Gasteiger partial charge on any atom is 0.335 e. The Kier molecular flexibility index (Phi) is 7.04. The summed E-state index contributed by atoms with van der Waals surface area (Å²) >= 11 is 12.5. The summed E-state index contributed by atoms with van der Waals surface area (Å²) in [6.07, 6.45) is 2.06. The highest BCUT2D eigenvalue weighted by Gasteiger charge is 2.65. The van der Waals surface area contributed by atoms with Gasteiger partial charge in [-0.1, -0.05) is 53.5 Å². The van der Waals surface area contributed by atoms with Crippen LogP contribution in [0.15, 0.2) is 60.7 Å². The molecule has 3 aromatic carbocycles. The number of carbonyl (C=O) groups excluding carboxylic acids is 2. The number of halogens is 3. The molecule has 1 aliphatic carbocycles. The molecule has 2 N–H and O–H groups in total. The van der Waals surface area contributed by atoms with E-state index in [0.29, 0.717) is 28.7 Å². The number of carboxylic acid groups (broad SMARTS) is 1. The number of rotatable bonds is 7. The van der Waals surface area contributed by atoms with Crippen molar-refractivity contribution in [2.24, 2.45) is 11.8 Å². The molecule has 3 aromatic rings. The van der Waals surface area contributed by atoms with Crippen molar-refractivity contribution >= 4 is 46.7 Å². The Bertz CT molecular complexity index is 1560. The van der Waals surface area contributed by atoms with Gasteiger partial charge in [0.25, 0.3) is 0 Å². The van der Waals surface area contributed by atoms with E-state index >= 15 is 4.39 Å². The van der Waals surface area contributed by atoms with Gasteiger partial charge in [0, 0.05) is 48.9 Å². The van der Waals surface area contributed by atoms with Crippen LogP contribution in [0.25, 0.3) is 0 Å². The minimum Gasteiger partial charge on any atom is -0.478 e. The summed E-state index contributed by atoms with van der Waals surface area (Å²) < 4.78 is 15.9.